The number of ether oxygens (including phenoxy) is 4. The van der Waals surface area contributed by atoms with Crippen LogP contribution in [0.1, 0.15) is 45.8 Å². The van der Waals surface area contributed by atoms with Gasteiger partial charge in [0.15, 0.2) is 17.7 Å². The van der Waals surface area contributed by atoms with Gasteiger partial charge in [-0.2, -0.15) is 27.7 Å². The van der Waals surface area contributed by atoms with Gasteiger partial charge in [-0.1, -0.05) is 12.8 Å². The van der Waals surface area contributed by atoms with Gasteiger partial charge in [0.25, 0.3) is 0 Å². The van der Waals surface area contributed by atoms with Crippen LogP contribution >= 0.6 is 24.2 Å². The highest BCUT2D eigenvalue weighted by Crippen LogP contribution is 2.44. The van der Waals surface area contributed by atoms with E-state index in [2.05, 4.69) is 33.0 Å². The van der Waals surface area contributed by atoms with Crippen molar-refractivity contribution in [2.45, 2.75) is 75.9 Å². The standard InChI is InChI=1S/C19H24ClN5O5S/c1-19(2)29-12-11(8-31)27-16(13(12)30-19)25-14-10(7-21-25)15(24-17(20)23-14)28-18(26)22-9-5-3-4-6-9/h7,9,11-13,16,31H,3-6,8H2,1-2H3,(H,22,26)/t11-,12-,13-,16-/m1/s1. The Kier molecular flexibility index (Phi) is 5.50. The van der Waals surface area contributed by atoms with Gasteiger partial charge in [-0.05, 0) is 38.3 Å². The van der Waals surface area contributed by atoms with Gasteiger partial charge < -0.3 is 24.3 Å². The first-order chi connectivity index (χ1) is 14.8. The molecule has 2 aromatic rings. The molecule has 0 unspecified atom stereocenters. The summed E-state index contributed by atoms with van der Waals surface area (Å²) in [6, 6.07) is 0.118. The summed E-state index contributed by atoms with van der Waals surface area (Å²) < 4.78 is 25.2. The number of carbonyl (C=O) groups excluding carboxylic acids is 1. The Balaban J connectivity index is 1.44. The predicted octanol–water partition coefficient (Wildman–Crippen LogP) is 2.86. The number of nitrogens with one attached hydrogen (secondary N) is 1. The summed E-state index contributed by atoms with van der Waals surface area (Å²) in [5.41, 5.74) is 0.375. The van der Waals surface area contributed by atoms with Crippen LogP contribution < -0.4 is 10.1 Å². The van der Waals surface area contributed by atoms with E-state index < -0.39 is 24.2 Å². The molecule has 3 aliphatic rings. The highest BCUT2D eigenvalue weighted by atomic mass is 35.5. The molecular weight excluding hydrogens is 446 g/mol. The van der Waals surface area contributed by atoms with Gasteiger partial charge in [0, 0.05) is 11.8 Å². The van der Waals surface area contributed by atoms with Gasteiger partial charge in [0.1, 0.15) is 17.6 Å². The van der Waals surface area contributed by atoms with Crippen molar-refractivity contribution in [1.82, 2.24) is 25.1 Å². The first-order valence-electron chi connectivity index (χ1n) is 10.4. The monoisotopic (exact) mass is 469 g/mol. The van der Waals surface area contributed by atoms with Crippen LogP contribution in [0.2, 0.25) is 5.28 Å². The molecule has 12 heteroatoms. The number of halogens is 1. The van der Waals surface area contributed by atoms with E-state index in [1.165, 1.54) is 6.20 Å². The van der Waals surface area contributed by atoms with Crippen LogP contribution in [0, 0.1) is 0 Å². The van der Waals surface area contributed by atoms with Crippen molar-refractivity contribution in [2.24, 2.45) is 0 Å². The lowest BCUT2D eigenvalue weighted by Gasteiger charge is -2.23. The largest absolute Gasteiger partial charge is 0.414 e. The van der Waals surface area contributed by atoms with Gasteiger partial charge in [-0.25, -0.2) is 9.48 Å². The van der Waals surface area contributed by atoms with E-state index in [-0.39, 0.29) is 29.4 Å². The lowest BCUT2D eigenvalue weighted by molar-refractivity contribution is -0.195. The number of hydrogen-bond acceptors (Lipinski definition) is 9. The maximum atomic E-state index is 12.4. The molecule has 0 spiro atoms. The average Bonchev–Trinajstić information content (AvgIpc) is 3.45. The number of carbonyl (C=O) groups is 1. The first kappa shape index (κ1) is 21.2. The van der Waals surface area contributed by atoms with Crippen LogP contribution in [0.15, 0.2) is 6.20 Å². The molecule has 1 amide bonds. The molecule has 3 fully saturated rings. The van der Waals surface area contributed by atoms with Gasteiger partial charge in [-0.3, -0.25) is 0 Å². The highest BCUT2D eigenvalue weighted by molar-refractivity contribution is 7.80. The topological polar surface area (TPSA) is 110 Å². The van der Waals surface area contributed by atoms with Crippen molar-refractivity contribution in [3.8, 4) is 5.88 Å². The van der Waals surface area contributed by atoms with Gasteiger partial charge in [0.05, 0.1) is 12.3 Å². The number of aromatic nitrogens is 4. The molecule has 168 valence electrons. The number of nitrogens with zero attached hydrogens (tertiary/aromatic N) is 4. The van der Waals surface area contributed by atoms with E-state index in [4.69, 9.17) is 30.5 Å². The van der Waals surface area contributed by atoms with E-state index in [1.54, 1.807) is 4.68 Å². The number of hydrogen-bond donors (Lipinski definition) is 2. The minimum absolute atomic E-state index is 0.0426. The molecule has 10 nitrogen and oxygen atoms in total. The minimum atomic E-state index is -0.749. The van der Waals surface area contributed by atoms with Crippen molar-refractivity contribution >= 4 is 41.4 Å². The summed E-state index contributed by atoms with van der Waals surface area (Å²) in [5, 5.41) is 7.67. The predicted molar refractivity (Wildman–Crippen MR) is 113 cm³/mol. The number of fused-ring (bicyclic) bond motifs is 2. The Labute approximate surface area is 189 Å². The SMILES string of the molecule is CC1(C)O[C@@H]2[C@H](O1)[C@@H](CS)O[C@H]2n1ncc2c(OC(=O)NC3CCCC3)nc(Cl)nc21. The molecule has 2 saturated heterocycles. The summed E-state index contributed by atoms with van der Waals surface area (Å²) in [6.07, 6.45) is 3.47. The van der Waals surface area contributed by atoms with Crippen molar-refractivity contribution < 1.29 is 23.7 Å². The number of amides is 1. The molecule has 2 aliphatic heterocycles. The Morgan fingerprint density at radius 2 is 2.06 bits per heavy atom. The average molecular weight is 470 g/mol. The molecule has 31 heavy (non-hydrogen) atoms. The third kappa shape index (κ3) is 3.97. The van der Waals surface area contributed by atoms with Crippen molar-refractivity contribution in [3.05, 3.63) is 11.5 Å². The van der Waals surface area contributed by atoms with Crippen LogP contribution in [0.3, 0.4) is 0 Å². The van der Waals surface area contributed by atoms with Gasteiger partial charge in [-0.15, -0.1) is 0 Å². The Bertz CT molecular complexity index is 997. The third-order valence-electron chi connectivity index (χ3n) is 5.80. The molecule has 0 bridgehead atoms. The second-order valence-electron chi connectivity index (χ2n) is 8.45. The highest BCUT2D eigenvalue weighted by Gasteiger charge is 2.56. The Morgan fingerprint density at radius 3 is 2.81 bits per heavy atom. The van der Waals surface area contributed by atoms with Gasteiger partial charge in [0.2, 0.25) is 11.2 Å². The fourth-order valence-electron chi connectivity index (χ4n) is 4.50. The molecule has 0 aromatic carbocycles. The minimum Gasteiger partial charge on any atom is -0.390 e. The molecule has 4 atom stereocenters. The Hall–Kier alpha value is -1.66. The fourth-order valence-corrected chi connectivity index (χ4v) is 4.95. The zero-order chi connectivity index (χ0) is 21.8. The summed E-state index contributed by atoms with van der Waals surface area (Å²) in [4.78, 5) is 20.7. The maximum absolute atomic E-state index is 12.4. The molecule has 4 heterocycles. The lowest BCUT2D eigenvalue weighted by atomic mass is 10.1. The van der Waals surface area contributed by atoms with Crippen molar-refractivity contribution in [1.29, 1.82) is 0 Å². The number of thiol groups is 1. The summed E-state index contributed by atoms with van der Waals surface area (Å²) in [6.45, 7) is 3.71. The quantitative estimate of drug-likeness (QED) is 0.519. The zero-order valence-electron chi connectivity index (χ0n) is 17.2. The van der Waals surface area contributed by atoms with Crippen LogP contribution in [-0.4, -0.2) is 61.7 Å². The maximum Gasteiger partial charge on any atom is 0.414 e. The normalized spacial score (nSPS) is 30.1. The third-order valence-corrected chi connectivity index (χ3v) is 6.33. The zero-order valence-corrected chi connectivity index (χ0v) is 18.8. The summed E-state index contributed by atoms with van der Waals surface area (Å²) in [5.74, 6) is -0.247. The van der Waals surface area contributed by atoms with E-state index in [0.29, 0.717) is 16.8 Å². The fraction of sp³-hybridized carbons (Fsp3) is 0.684. The molecule has 1 saturated carbocycles. The van der Waals surface area contributed by atoms with E-state index in [0.717, 1.165) is 25.7 Å². The van der Waals surface area contributed by atoms with E-state index in [9.17, 15) is 4.79 Å². The van der Waals surface area contributed by atoms with Crippen LogP contribution in [0.25, 0.3) is 11.0 Å². The number of rotatable bonds is 4. The lowest BCUT2D eigenvalue weighted by Crippen LogP contribution is -2.35. The van der Waals surface area contributed by atoms with Crippen LogP contribution in [0.4, 0.5) is 4.79 Å². The molecule has 2 aromatic heterocycles. The van der Waals surface area contributed by atoms with E-state index in [1.807, 2.05) is 13.8 Å². The molecule has 1 N–H and O–H groups in total. The van der Waals surface area contributed by atoms with Crippen molar-refractivity contribution in [2.75, 3.05) is 5.75 Å². The molecule has 5 rings (SSSR count). The smallest absolute Gasteiger partial charge is 0.390 e. The molecule has 1 aliphatic carbocycles. The van der Waals surface area contributed by atoms with Crippen LogP contribution in [0.5, 0.6) is 5.88 Å². The molecular formula is C19H24ClN5O5S. The second-order valence-corrected chi connectivity index (χ2v) is 9.16. The summed E-state index contributed by atoms with van der Waals surface area (Å²) in [7, 11) is 0. The van der Waals surface area contributed by atoms with E-state index >= 15 is 0 Å². The van der Waals surface area contributed by atoms with Gasteiger partial charge >= 0.3 is 6.09 Å². The first-order valence-corrected chi connectivity index (χ1v) is 11.4. The van der Waals surface area contributed by atoms with Crippen LogP contribution in [-0.2, 0) is 14.2 Å². The second kappa shape index (κ2) is 8.04. The summed E-state index contributed by atoms with van der Waals surface area (Å²) >= 11 is 10.5. The Morgan fingerprint density at radius 1 is 1.32 bits per heavy atom. The van der Waals surface area contributed by atoms with Crippen molar-refractivity contribution in [3.63, 3.8) is 0 Å². The molecule has 0 radical (unpaired) electrons.